The molecule has 1 fully saturated rings. The maximum atomic E-state index is 5.15. The van der Waals surface area contributed by atoms with Crippen LogP contribution in [0.5, 0.6) is 0 Å². The molecule has 1 aliphatic heterocycles. The highest BCUT2D eigenvalue weighted by atomic mass is 32.2. The van der Waals surface area contributed by atoms with Gasteiger partial charge in [0.1, 0.15) is 0 Å². The third-order valence-corrected chi connectivity index (χ3v) is 3.77. The third-order valence-electron chi connectivity index (χ3n) is 2.52. The number of ether oxygens (including phenoxy) is 1. The van der Waals surface area contributed by atoms with Crippen LogP contribution in [0.4, 0.5) is 0 Å². The largest absolute Gasteiger partial charge is 0.381 e. The number of hydrogen-bond acceptors (Lipinski definition) is 2. The van der Waals surface area contributed by atoms with E-state index in [1.165, 1.54) is 16.2 Å². The van der Waals surface area contributed by atoms with Crippen LogP contribution in [-0.4, -0.2) is 19.0 Å². The van der Waals surface area contributed by atoms with Crippen LogP contribution in [0.2, 0.25) is 0 Å². The van der Waals surface area contributed by atoms with Gasteiger partial charge in [0.15, 0.2) is 0 Å². The molecule has 2 heteroatoms. The van der Waals surface area contributed by atoms with Crippen LogP contribution in [0.1, 0.15) is 12.5 Å². The monoisotopic (exact) mass is 208 g/mol. The SMILES string of the molecule is CCc1ccc(SCC2COC2)cc1. The molecule has 1 heterocycles. The van der Waals surface area contributed by atoms with Gasteiger partial charge in [-0.15, -0.1) is 11.8 Å². The van der Waals surface area contributed by atoms with Crippen LogP contribution in [0, 0.1) is 5.92 Å². The van der Waals surface area contributed by atoms with Crippen molar-refractivity contribution in [1.29, 1.82) is 0 Å². The second-order valence-corrected chi connectivity index (χ2v) is 4.81. The highest BCUT2D eigenvalue weighted by Crippen LogP contribution is 2.24. The zero-order valence-electron chi connectivity index (χ0n) is 8.53. The number of aryl methyl sites for hydroxylation is 1. The summed E-state index contributed by atoms with van der Waals surface area (Å²) in [6.45, 7) is 4.11. The van der Waals surface area contributed by atoms with Crippen molar-refractivity contribution in [1.82, 2.24) is 0 Å². The molecule has 0 amide bonds. The molecule has 0 unspecified atom stereocenters. The number of hydrogen-bond donors (Lipinski definition) is 0. The van der Waals surface area contributed by atoms with Crippen LogP contribution < -0.4 is 0 Å². The second-order valence-electron chi connectivity index (χ2n) is 3.71. The average molecular weight is 208 g/mol. The minimum atomic E-state index is 0.783. The van der Waals surface area contributed by atoms with Gasteiger partial charge in [0.25, 0.3) is 0 Å². The predicted molar refractivity (Wildman–Crippen MR) is 60.9 cm³/mol. The summed E-state index contributed by atoms with van der Waals surface area (Å²) in [5.74, 6) is 1.98. The molecule has 0 N–H and O–H groups in total. The average Bonchev–Trinajstić information content (AvgIpc) is 2.16. The summed E-state index contributed by atoms with van der Waals surface area (Å²) >= 11 is 1.94. The van der Waals surface area contributed by atoms with E-state index >= 15 is 0 Å². The van der Waals surface area contributed by atoms with Gasteiger partial charge in [0, 0.05) is 16.6 Å². The summed E-state index contributed by atoms with van der Waals surface area (Å²) in [7, 11) is 0. The van der Waals surface area contributed by atoms with Crippen molar-refractivity contribution in [2.45, 2.75) is 18.2 Å². The summed E-state index contributed by atoms with van der Waals surface area (Å²) in [5, 5.41) is 0. The van der Waals surface area contributed by atoms with Crippen LogP contribution in [0.3, 0.4) is 0 Å². The molecule has 0 atom stereocenters. The van der Waals surface area contributed by atoms with Gasteiger partial charge in [-0.25, -0.2) is 0 Å². The van der Waals surface area contributed by atoms with Gasteiger partial charge in [0.2, 0.25) is 0 Å². The first-order chi connectivity index (χ1) is 6.88. The summed E-state index contributed by atoms with van der Waals surface area (Å²) in [6, 6.07) is 8.89. The van der Waals surface area contributed by atoms with E-state index in [4.69, 9.17) is 4.74 Å². The van der Waals surface area contributed by atoms with Gasteiger partial charge in [-0.1, -0.05) is 19.1 Å². The molecule has 1 nitrogen and oxygen atoms in total. The van der Waals surface area contributed by atoms with E-state index in [1.807, 2.05) is 11.8 Å². The standard InChI is InChI=1S/C12H16OS/c1-2-10-3-5-12(6-4-10)14-9-11-7-13-8-11/h3-6,11H,2,7-9H2,1H3. The molecule has 1 aliphatic rings. The van der Waals surface area contributed by atoms with Crippen LogP contribution >= 0.6 is 11.8 Å². The Labute approximate surface area is 89.9 Å². The number of thioether (sulfide) groups is 1. The van der Waals surface area contributed by atoms with Gasteiger partial charge in [0.05, 0.1) is 13.2 Å². The van der Waals surface area contributed by atoms with Crippen molar-refractivity contribution in [2.75, 3.05) is 19.0 Å². The van der Waals surface area contributed by atoms with Crippen molar-refractivity contribution in [2.24, 2.45) is 5.92 Å². The molecule has 0 bridgehead atoms. The second kappa shape index (κ2) is 4.85. The molecule has 1 aromatic carbocycles. The molecule has 0 aliphatic carbocycles. The zero-order valence-corrected chi connectivity index (χ0v) is 9.35. The lowest BCUT2D eigenvalue weighted by Gasteiger charge is -2.25. The van der Waals surface area contributed by atoms with Gasteiger partial charge in [-0.2, -0.15) is 0 Å². The van der Waals surface area contributed by atoms with Crippen molar-refractivity contribution in [3.63, 3.8) is 0 Å². The van der Waals surface area contributed by atoms with E-state index in [2.05, 4.69) is 31.2 Å². The summed E-state index contributed by atoms with van der Waals surface area (Å²) in [6.07, 6.45) is 1.13. The van der Waals surface area contributed by atoms with Crippen LogP contribution in [0.15, 0.2) is 29.2 Å². The molecule has 14 heavy (non-hydrogen) atoms. The molecule has 1 aromatic rings. The molecule has 0 aromatic heterocycles. The lowest BCUT2D eigenvalue weighted by molar-refractivity contribution is -0.0196. The highest BCUT2D eigenvalue weighted by molar-refractivity contribution is 7.99. The minimum absolute atomic E-state index is 0.783. The van der Waals surface area contributed by atoms with E-state index in [9.17, 15) is 0 Å². The first-order valence-corrected chi connectivity index (χ1v) is 6.16. The lowest BCUT2D eigenvalue weighted by atomic mass is 10.1. The normalized spacial score (nSPS) is 16.6. The minimum Gasteiger partial charge on any atom is -0.381 e. The van der Waals surface area contributed by atoms with Crippen molar-refractivity contribution < 1.29 is 4.74 Å². The van der Waals surface area contributed by atoms with Crippen LogP contribution in [-0.2, 0) is 11.2 Å². The number of benzene rings is 1. The van der Waals surface area contributed by atoms with Crippen molar-refractivity contribution >= 4 is 11.8 Å². The van der Waals surface area contributed by atoms with Crippen molar-refractivity contribution in [3.05, 3.63) is 29.8 Å². The molecule has 0 spiro atoms. The Hall–Kier alpha value is -0.470. The Morgan fingerprint density at radius 1 is 1.29 bits per heavy atom. The summed E-state index contributed by atoms with van der Waals surface area (Å²) in [4.78, 5) is 1.38. The maximum Gasteiger partial charge on any atom is 0.0524 e. The Morgan fingerprint density at radius 3 is 2.50 bits per heavy atom. The topological polar surface area (TPSA) is 9.23 Å². The van der Waals surface area contributed by atoms with Gasteiger partial charge < -0.3 is 4.74 Å². The molecular weight excluding hydrogens is 192 g/mol. The molecule has 0 saturated carbocycles. The first kappa shape index (κ1) is 10.1. The fraction of sp³-hybridized carbons (Fsp3) is 0.500. The Balaban J connectivity index is 1.83. The van der Waals surface area contributed by atoms with Crippen LogP contribution in [0.25, 0.3) is 0 Å². The molecule has 0 radical (unpaired) electrons. The van der Waals surface area contributed by atoms with Gasteiger partial charge >= 0.3 is 0 Å². The van der Waals surface area contributed by atoms with E-state index in [0.29, 0.717) is 0 Å². The number of rotatable bonds is 4. The Kier molecular flexibility index (Phi) is 3.49. The molecule has 1 saturated heterocycles. The van der Waals surface area contributed by atoms with Gasteiger partial charge in [-0.3, -0.25) is 0 Å². The Bertz CT molecular complexity index is 277. The first-order valence-electron chi connectivity index (χ1n) is 5.18. The van der Waals surface area contributed by atoms with E-state index < -0.39 is 0 Å². The lowest BCUT2D eigenvalue weighted by Crippen LogP contribution is -2.29. The van der Waals surface area contributed by atoms with Gasteiger partial charge in [-0.05, 0) is 24.1 Å². The summed E-state index contributed by atoms with van der Waals surface area (Å²) in [5.41, 5.74) is 1.42. The van der Waals surface area contributed by atoms with Crippen molar-refractivity contribution in [3.8, 4) is 0 Å². The zero-order chi connectivity index (χ0) is 9.80. The smallest absolute Gasteiger partial charge is 0.0524 e. The van der Waals surface area contributed by atoms with E-state index in [-0.39, 0.29) is 0 Å². The third kappa shape index (κ3) is 2.52. The summed E-state index contributed by atoms with van der Waals surface area (Å²) < 4.78 is 5.15. The van der Waals surface area contributed by atoms with E-state index in [0.717, 1.165) is 25.6 Å². The van der Waals surface area contributed by atoms with E-state index in [1.54, 1.807) is 0 Å². The fourth-order valence-corrected chi connectivity index (χ4v) is 2.37. The fourth-order valence-electron chi connectivity index (χ4n) is 1.42. The Morgan fingerprint density at radius 2 is 2.00 bits per heavy atom. The maximum absolute atomic E-state index is 5.15. The molecule has 2 rings (SSSR count). The highest BCUT2D eigenvalue weighted by Gasteiger charge is 2.17. The molecule has 76 valence electrons. The quantitative estimate of drug-likeness (QED) is 0.703. The molecular formula is C12H16OS. The predicted octanol–water partition coefficient (Wildman–Crippen LogP) is 2.99.